The van der Waals surface area contributed by atoms with Crippen molar-refractivity contribution in [2.45, 2.75) is 20.0 Å². The fourth-order valence-electron chi connectivity index (χ4n) is 2.11. The summed E-state index contributed by atoms with van der Waals surface area (Å²) in [6.45, 7) is 2.57. The number of rotatable bonds is 5. The zero-order valence-electron chi connectivity index (χ0n) is 13.3. The lowest BCUT2D eigenvalue weighted by Gasteiger charge is -2.09. The van der Waals surface area contributed by atoms with E-state index in [0.29, 0.717) is 12.3 Å². The van der Waals surface area contributed by atoms with Crippen LogP contribution in [-0.4, -0.2) is 18.9 Å². The second kappa shape index (κ2) is 7.98. The molecule has 2 aromatic rings. The van der Waals surface area contributed by atoms with Gasteiger partial charge < -0.3 is 15.4 Å². The third-order valence-corrected chi connectivity index (χ3v) is 3.49. The number of hydrogen-bond acceptors (Lipinski definition) is 3. The SMILES string of the molecule is COc1cccc(CNC(=O)C(=O)NCc2ccccc2C)c1. The molecule has 0 unspecified atom stereocenters. The molecule has 0 atom stereocenters. The van der Waals surface area contributed by atoms with Crippen molar-refractivity contribution in [1.29, 1.82) is 0 Å². The highest BCUT2D eigenvalue weighted by atomic mass is 16.5. The first kappa shape index (κ1) is 16.5. The Kier molecular flexibility index (Phi) is 5.74. The van der Waals surface area contributed by atoms with Gasteiger partial charge in [0.15, 0.2) is 0 Å². The first-order chi connectivity index (χ1) is 11.1. The summed E-state index contributed by atoms with van der Waals surface area (Å²) in [7, 11) is 1.58. The number of amides is 2. The van der Waals surface area contributed by atoms with Gasteiger partial charge in [-0.15, -0.1) is 0 Å². The number of nitrogens with one attached hydrogen (secondary N) is 2. The average Bonchev–Trinajstić information content (AvgIpc) is 2.58. The van der Waals surface area contributed by atoms with E-state index in [1.54, 1.807) is 7.11 Å². The van der Waals surface area contributed by atoms with Crippen LogP contribution >= 0.6 is 0 Å². The molecule has 5 heteroatoms. The molecule has 0 bridgehead atoms. The Morgan fingerprint density at radius 2 is 1.65 bits per heavy atom. The minimum Gasteiger partial charge on any atom is -0.497 e. The lowest BCUT2D eigenvalue weighted by molar-refractivity contribution is -0.139. The smallest absolute Gasteiger partial charge is 0.309 e. The number of carbonyl (C=O) groups is 2. The van der Waals surface area contributed by atoms with Gasteiger partial charge in [-0.2, -0.15) is 0 Å². The lowest BCUT2D eigenvalue weighted by atomic mass is 10.1. The number of hydrogen-bond donors (Lipinski definition) is 2. The van der Waals surface area contributed by atoms with Gasteiger partial charge in [0.1, 0.15) is 5.75 Å². The maximum absolute atomic E-state index is 11.8. The molecular formula is C18H20N2O3. The van der Waals surface area contributed by atoms with Gasteiger partial charge in [0.25, 0.3) is 0 Å². The Hall–Kier alpha value is -2.82. The maximum atomic E-state index is 11.8. The zero-order chi connectivity index (χ0) is 16.7. The van der Waals surface area contributed by atoms with Gasteiger partial charge in [-0.1, -0.05) is 36.4 Å². The summed E-state index contributed by atoms with van der Waals surface area (Å²) < 4.78 is 5.12. The van der Waals surface area contributed by atoms with Gasteiger partial charge in [0.05, 0.1) is 7.11 Å². The molecule has 0 aliphatic rings. The van der Waals surface area contributed by atoms with Crippen LogP contribution in [0, 0.1) is 6.92 Å². The monoisotopic (exact) mass is 312 g/mol. The molecule has 0 aromatic heterocycles. The molecule has 2 N–H and O–H groups in total. The van der Waals surface area contributed by atoms with Crippen LogP contribution in [-0.2, 0) is 22.7 Å². The van der Waals surface area contributed by atoms with Gasteiger partial charge in [0, 0.05) is 13.1 Å². The van der Waals surface area contributed by atoms with Gasteiger partial charge in [-0.05, 0) is 35.7 Å². The second-order valence-corrected chi connectivity index (χ2v) is 5.14. The lowest BCUT2D eigenvalue weighted by Crippen LogP contribution is -2.39. The van der Waals surface area contributed by atoms with Crippen molar-refractivity contribution in [1.82, 2.24) is 10.6 Å². The molecule has 2 aromatic carbocycles. The minimum absolute atomic E-state index is 0.272. The molecule has 0 saturated carbocycles. The van der Waals surface area contributed by atoms with Crippen molar-refractivity contribution in [2.75, 3.05) is 7.11 Å². The number of benzene rings is 2. The Balaban J connectivity index is 1.83. The first-order valence-corrected chi connectivity index (χ1v) is 7.33. The quantitative estimate of drug-likeness (QED) is 0.829. The topological polar surface area (TPSA) is 67.4 Å². The Morgan fingerprint density at radius 1 is 0.957 bits per heavy atom. The molecule has 120 valence electrons. The standard InChI is InChI=1S/C18H20N2O3/c1-13-6-3-4-8-15(13)12-20-18(22)17(21)19-11-14-7-5-9-16(10-14)23-2/h3-10H,11-12H2,1-2H3,(H,19,21)(H,20,22). The van der Waals surface area contributed by atoms with Crippen LogP contribution in [0.1, 0.15) is 16.7 Å². The van der Waals surface area contributed by atoms with Crippen molar-refractivity contribution < 1.29 is 14.3 Å². The van der Waals surface area contributed by atoms with Crippen molar-refractivity contribution in [3.8, 4) is 5.75 Å². The van der Waals surface area contributed by atoms with Gasteiger partial charge in [0.2, 0.25) is 0 Å². The molecule has 0 heterocycles. The van der Waals surface area contributed by atoms with Crippen molar-refractivity contribution in [3.63, 3.8) is 0 Å². The summed E-state index contributed by atoms with van der Waals surface area (Å²) in [5.41, 5.74) is 2.93. The van der Waals surface area contributed by atoms with E-state index in [2.05, 4.69) is 10.6 Å². The average molecular weight is 312 g/mol. The van der Waals surface area contributed by atoms with E-state index >= 15 is 0 Å². The zero-order valence-corrected chi connectivity index (χ0v) is 13.3. The minimum atomic E-state index is -0.651. The van der Waals surface area contributed by atoms with E-state index < -0.39 is 11.8 Å². The molecule has 0 aliphatic carbocycles. The van der Waals surface area contributed by atoms with Crippen LogP contribution in [0.25, 0.3) is 0 Å². The number of carbonyl (C=O) groups excluding carboxylic acids is 2. The van der Waals surface area contributed by atoms with Crippen LogP contribution in [0.4, 0.5) is 0 Å². The highest BCUT2D eigenvalue weighted by Crippen LogP contribution is 2.12. The van der Waals surface area contributed by atoms with Gasteiger partial charge >= 0.3 is 11.8 Å². The summed E-state index contributed by atoms with van der Waals surface area (Å²) in [4.78, 5) is 23.6. The van der Waals surface area contributed by atoms with Crippen molar-refractivity contribution >= 4 is 11.8 Å². The molecule has 0 radical (unpaired) electrons. The van der Waals surface area contributed by atoms with E-state index in [-0.39, 0.29) is 6.54 Å². The summed E-state index contributed by atoms with van der Waals surface area (Å²) >= 11 is 0. The second-order valence-electron chi connectivity index (χ2n) is 5.14. The van der Waals surface area contributed by atoms with Gasteiger partial charge in [-0.25, -0.2) is 0 Å². The fourth-order valence-corrected chi connectivity index (χ4v) is 2.11. The summed E-state index contributed by atoms with van der Waals surface area (Å²) in [6.07, 6.45) is 0. The normalized spacial score (nSPS) is 10.0. The molecule has 23 heavy (non-hydrogen) atoms. The highest BCUT2D eigenvalue weighted by Gasteiger charge is 2.13. The molecule has 0 aliphatic heterocycles. The van der Waals surface area contributed by atoms with Crippen molar-refractivity contribution in [2.24, 2.45) is 0 Å². The van der Waals surface area contributed by atoms with E-state index in [0.717, 1.165) is 16.7 Å². The molecule has 2 rings (SSSR count). The predicted octanol–water partition coefficient (Wildman–Crippen LogP) is 1.94. The maximum Gasteiger partial charge on any atom is 0.309 e. The molecular weight excluding hydrogens is 292 g/mol. The molecule has 2 amide bonds. The van der Waals surface area contributed by atoms with Crippen molar-refractivity contribution in [3.05, 3.63) is 65.2 Å². The summed E-state index contributed by atoms with van der Waals surface area (Å²) in [6, 6.07) is 15.0. The van der Waals surface area contributed by atoms with Crippen LogP contribution in [0.3, 0.4) is 0 Å². The Labute approximate surface area is 135 Å². The van der Waals surface area contributed by atoms with E-state index in [4.69, 9.17) is 4.74 Å². The first-order valence-electron chi connectivity index (χ1n) is 7.33. The van der Waals surface area contributed by atoms with Crippen LogP contribution < -0.4 is 15.4 Å². The van der Waals surface area contributed by atoms with Crippen LogP contribution in [0.15, 0.2) is 48.5 Å². The molecule has 0 saturated heterocycles. The van der Waals surface area contributed by atoms with Crippen LogP contribution in [0.2, 0.25) is 0 Å². The van der Waals surface area contributed by atoms with Crippen LogP contribution in [0.5, 0.6) is 5.75 Å². The molecule has 0 fully saturated rings. The Bertz CT molecular complexity index is 698. The largest absolute Gasteiger partial charge is 0.497 e. The number of aryl methyl sites for hydroxylation is 1. The molecule has 0 spiro atoms. The fraction of sp³-hybridized carbons (Fsp3) is 0.222. The predicted molar refractivity (Wildman–Crippen MR) is 87.9 cm³/mol. The van der Waals surface area contributed by atoms with E-state index in [9.17, 15) is 9.59 Å². The third kappa shape index (κ3) is 4.85. The molecule has 5 nitrogen and oxygen atoms in total. The van der Waals surface area contributed by atoms with E-state index in [1.165, 1.54) is 0 Å². The van der Waals surface area contributed by atoms with Gasteiger partial charge in [-0.3, -0.25) is 9.59 Å². The summed E-state index contributed by atoms with van der Waals surface area (Å²) in [5, 5.41) is 5.22. The summed E-state index contributed by atoms with van der Waals surface area (Å²) in [5.74, 6) is -0.585. The third-order valence-electron chi connectivity index (χ3n) is 3.49. The highest BCUT2D eigenvalue weighted by molar-refractivity contribution is 6.35. The number of ether oxygens (including phenoxy) is 1. The van der Waals surface area contributed by atoms with E-state index in [1.807, 2.05) is 55.5 Å². The number of methoxy groups -OCH3 is 1. The Morgan fingerprint density at radius 3 is 2.35 bits per heavy atom.